The predicted molar refractivity (Wildman–Crippen MR) is 68.6 cm³/mol. The molecule has 1 aromatic heterocycles. The molecule has 0 amide bonds. The van der Waals surface area contributed by atoms with Crippen molar-refractivity contribution in [2.45, 2.75) is 32.5 Å². The lowest BCUT2D eigenvalue weighted by atomic mass is 10.2. The van der Waals surface area contributed by atoms with Gasteiger partial charge in [0.15, 0.2) is 0 Å². The lowest BCUT2D eigenvalue weighted by molar-refractivity contribution is 0.238. The highest BCUT2D eigenvalue weighted by molar-refractivity contribution is 7.98. The summed E-state index contributed by atoms with van der Waals surface area (Å²) in [4.78, 5) is 0. The van der Waals surface area contributed by atoms with Gasteiger partial charge in [-0.25, -0.2) is 0 Å². The fourth-order valence-electron chi connectivity index (χ4n) is 1.56. The highest BCUT2D eigenvalue weighted by Crippen LogP contribution is 2.03. The molecule has 0 aromatic carbocycles. The summed E-state index contributed by atoms with van der Waals surface area (Å²) in [5.74, 6) is 1.07. The molecule has 1 aromatic rings. The average molecular weight is 243 g/mol. The Kier molecular flexibility index (Phi) is 6.52. The van der Waals surface area contributed by atoms with Crippen molar-refractivity contribution >= 4 is 11.8 Å². The van der Waals surface area contributed by atoms with Crippen molar-refractivity contribution in [2.24, 2.45) is 0 Å². The van der Waals surface area contributed by atoms with Gasteiger partial charge in [-0.15, -0.1) is 0 Å². The Morgan fingerprint density at radius 1 is 1.62 bits per heavy atom. The van der Waals surface area contributed by atoms with Gasteiger partial charge in [0.05, 0.1) is 12.3 Å². The second kappa shape index (κ2) is 7.70. The van der Waals surface area contributed by atoms with Crippen LogP contribution in [0.5, 0.6) is 0 Å². The summed E-state index contributed by atoms with van der Waals surface area (Å²) in [6.45, 7) is 3.93. The number of hydrogen-bond acceptors (Lipinski definition) is 4. The molecular weight excluding hydrogens is 222 g/mol. The molecule has 1 heterocycles. The summed E-state index contributed by atoms with van der Waals surface area (Å²) in [6, 6.07) is 2.20. The second-order valence-electron chi connectivity index (χ2n) is 3.68. The number of thioether (sulfide) groups is 1. The summed E-state index contributed by atoms with van der Waals surface area (Å²) in [5, 5.41) is 16.8. The maximum absolute atomic E-state index is 9.21. The Balaban J connectivity index is 2.36. The molecule has 0 bridgehead atoms. The van der Waals surface area contributed by atoms with Crippen LogP contribution in [-0.4, -0.2) is 39.5 Å². The van der Waals surface area contributed by atoms with E-state index in [1.165, 1.54) is 5.69 Å². The first-order chi connectivity index (χ1) is 7.81. The van der Waals surface area contributed by atoms with E-state index in [2.05, 4.69) is 23.6 Å². The van der Waals surface area contributed by atoms with Crippen molar-refractivity contribution in [3.8, 4) is 0 Å². The van der Waals surface area contributed by atoms with Crippen LogP contribution in [0.2, 0.25) is 0 Å². The molecule has 2 N–H and O–H groups in total. The molecule has 0 saturated heterocycles. The van der Waals surface area contributed by atoms with E-state index in [1.807, 2.05) is 28.7 Å². The molecule has 5 heteroatoms. The first-order valence-corrected chi connectivity index (χ1v) is 7.05. The van der Waals surface area contributed by atoms with E-state index < -0.39 is 0 Å². The minimum atomic E-state index is 0.188. The van der Waals surface area contributed by atoms with Crippen LogP contribution in [0.1, 0.15) is 19.0 Å². The number of aliphatic hydroxyl groups excluding tert-OH is 1. The van der Waals surface area contributed by atoms with Crippen molar-refractivity contribution in [2.75, 3.05) is 18.6 Å². The summed E-state index contributed by atoms with van der Waals surface area (Å²) in [7, 11) is 0. The monoisotopic (exact) mass is 243 g/mol. The van der Waals surface area contributed by atoms with Crippen molar-refractivity contribution in [3.63, 3.8) is 0 Å². The number of rotatable bonds is 8. The molecule has 0 radical (unpaired) electrons. The quantitative estimate of drug-likeness (QED) is 0.718. The van der Waals surface area contributed by atoms with Gasteiger partial charge in [-0.1, -0.05) is 0 Å². The standard InChI is InChI=1S/C11H21N3OS/c1-3-14-11(4-6-13-14)8-12-10(9-15)5-7-16-2/h4,6,10,12,15H,3,5,7-9H2,1-2H3. The average Bonchev–Trinajstić information content (AvgIpc) is 2.77. The lowest BCUT2D eigenvalue weighted by Crippen LogP contribution is -2.33. The van der Waals surface area contributed by atoms with Crippen LogP contribution in [-0.2, 0) is 13.1 Å². The molecule has 1 unspecified atom stereocenters. The van der Waals surface area contributed by atoms with Gasteiger partial charge >= 0.3 is 0 Å². The van der Waals surface area contributed by atoms with E-state index in [1.54, 1.807) is 0 Å². The van der Waals surface area contributed by atoms with E-state index in [0.29, 0.717) is 0 Å². The van der Waals surface area contributed by atoms with Crippen LogP contribution in [0.3, 0.4) is 0 Å². The number of aromatic nitrogens is 2. The van der Waals surface area contributed by atoms with Crippen molar-refractivity contribution in [1.82, 2.24) is 15.1 Å². The third kappa shape index (κ3) is 4.15. The van der Waals surface area contributed by atoms with Crippen molar-refractivity contribution in [3.05, 3.63) is 18.0 Å². The third-order valence-corrected chi connectivity index (χ3v) is 3.21. The number of hydrogen-bond donors (Lipinski definition) is 2. The molecule has 0 aliphatic rings. The number of nitrogens with zero attached hydrogens (tertiary/aromatic N) is 2. The fraction of sp³-hybridized carbons (Fsp3) is 0.727. The van der Waals surface area contributed by atoms with Gasteiger partial charge in [0, 0.05) is 25.3 Å². The number of aryl methyl sites for hydroxylation is 1. The molecule has 4 nitrogen and oxygen atoms in total. The van der Waals surface area contributed by atoms with Crippen LogP contribution in [0, 0.1) is 0 Å². The largest absolute Gasteiger partial charge is 0.395 e. The Hall–Kier alpha value is -0.520. The Morgan fingerprint density at radius 3 is 3.06 bits per heavy atom. The van der Waals surface area contributed by atoms with Gasteiger partial charge in [-0.2, -0.15) is 16.9 Å². The number of nitrogens with one attached hydrogen (secondary N) is 1. The molecule has 0 saturated carbocycles. The van der Waals surface area contributed by atoms with Gasteiger partial charge in [0.1, 0.15) is 0 Å². The molecule has 0 aliphatic carbocycles. The van der Waals surface area contributed by atoms with Crippen molar-refractivity contribution in [1.29, 1.82) is 0 Å². The molecule has 92 valence electrons. The molecule has 0 spiro atoms. The Labute approximate surface area is 101 Å². The summed E-state index contributed by atoms with van der Waals surface area (Å²) >= 11 is 1.81. The van der Waals surface area contributed by atoms with Crippen LogP contribution >= 0.6 is 11.8 Å². The zero-order valence-electron chi connectivity index (χ0n) is 10.0. The van der Waals surface area contributed by atoms with E-state index >= 15 is 0 Å². The fourth-order valence-corrected chi connectivity index (χ4v) is 2.08. The lowest BCUT2D eigenvalue weighted by Gasteiger charge is -2.15. The third-order valence-electron chi connectivity index (χ3n) is 2.57. The molecule has 0 fully saturated rings. The highest BCUT2D eigenvalue weighted by atomic mass is 32.2. The molecule has 0 aliphatic heterocycles. The first-order valence-electron chi connectivity index (χ1n) is 5.65. The van der Waals surface area contributed by atoms with Gasteiger partial charge in [0.2, 0.25) is 0 Å². The Bertz CT molecular complexity index is 291. The maximum Gasteiger partial charge on any atom is 0.0585 e. The van der Waals surface area contributed by atoms with E-state index in [0.717, 1.165) is 25.3 Å². The van der Waals surface area contributed by atoms with E-state index in [-0.39, 0.29) is 12.6 Å². The smallest absolute Gasteiger partial charge is 0.0585 e. The van der Waals surface area contributed by atoms with E-state index in [4.69, 9.17) is 0 Å². The number of aliphatic hydroxyl groups is 1. The summed E-state index contributed by atoms with van der Waals surface area (Å²) < 4.78 is 1.97. The topological polar surface area (TPSA) is 50.1 Å². The molecular formula is C11H21N3OS. The SMILES string of the molecule is CCn1nccc1CNC(CO)CCSC. The minimum Gasteiger partial charge on any atom is -0.395 e. The van der Waals surface area contributed by atoms with E-state index in [9.17, 15) is 5.11 Å². The minimum absolute atomic E-state index is 0.188. The molecule has 16 heavy (non-hydrogen) atoms. The van der Waals surface area contributed by atoms with Gasteiger partial charge in [-0.05, 0) is 31.4 Å². The van der Waals surface area contributed by atoms with Crippen LogP contribution in [0.15, 0.2) is 12.3 Å². The van der Waals surface area contributed by atoms with Crippen molar-refractivity contribution < 1.29 is 5.11 Å². The predicted octanol–water partition coefficient (Wildman–Crippen LogP) is 1.11. The Morgan fingerprint density at radius 2 is 2.44 bits per heavy atom. The van der Waals surface area contributed by atoms with Crippen LogP contribution in [0.25, 0.3) is 0 Å². The van der Waals surface area contributed by atoms with Gasteiger partial charge in [-0.3, -0.25) is 4.68 Å². The summed E-state index contributed by atoms with van der Waals surface area (Å²) in [5.41, 5.74) is 1.17. The zero-order chi connectivity index (χ0) is 11.8. The van der Waals surface area contributed by atoms with Crippen LogP contribution in [0.4, 0.5) is 0 Å². The zero-order valence-corrected chi connectivity index (χ0v) is 10.8. The first kappa shape index (κ1) is 13.5. The highest BCUT2D eigenvalue weighted by Gasteiger charge is 2.07. The normalized spacial score (nSPS) is 12.9. The maximum atomic E-state index is 9.21. The summed E-state index contributed by atoms with van der Waals surface area (Å²) in [6.07, 6.45) is 4.90. The van der Waals surface area contributed by atoms with Crippen LogP contribution < -0.4 is 5.32 Å². The second-order valence-corrected chi connectivity index (χ2v) is 4.67. The van der Waals surface area contributed by atoms with Gasteiger partial charge < -0.3 is 10.4 Å². The van der Waals surface area contributed by atoms with Gasteiger partial charge in [0.25, 0.3) is 0 Å². The molecule has 1 rings (SSSR count). The molecule has 1 atom stereocenters.